The van der Waals surface area contributed by atoms with Gasteiger partial charge in [0.25, 0.3) is 0 Å². The molecule has 0 amide bonds. The van der Waals surface area contributed by atoms with Gasteiger partial charge >= 0.3 is 0 Å². The third kappa shape index (κ3) is 4.81. The second kappa shape index (κ2) is 10.5. The van der Waals surface area contributed by atoms with Gasteiger partial charge in [-0.3, -0.25) is 0 Å². The monoisotopic (exact) mass is 366 g/mol. The Bertz CT molecular complexity index is 425. The lowest BCUT2D eigenvalue weighted by Gasteiger charge is -2.33. The molecule has 0 radical (unpaired) electrons. The summed E-state index contributed by atoms with van der Waals surface area (Å²) in [6, 6.07) is 14.2. The smallest absolute Gasteiger partial charge is 0.223 e. The molecule has 1 rings (SSSR count). The Kier molecular flexibility index (Phi) is 9.49. The molecule has 1 aromatic carbocycles. The molecular weight excluding hydrogens is 328 g/mol. The van der Waals surface area contributed by atoms with Gasteiger partial charge in [-0.2, -0.15) is 0 Å². The highest BCUT2D eigenvalue weighted by atomic mass is 28.4. The van der Waals surface area contributed by atoms with E-state index in [2.05, 4.69) is 52.0 Å². The highest BCUT2D eigenvalue weighted by Crippen LogP contribution is 2.23. The summed E-state index contributed by atoms with van der Waals surface area (Å²) in [5.41, 5.74) is 0. The van der Waals surface area contributed by atoms with Crippen LogP contribution >= 0.6 is 0 Å². The second-order valence-electron chi connectivity index (χ2n) is 6.98. The van der Waals surface area contributed by atoms with Crippen molar-refractivity contribution >= 4 is 27.0 Å². The zero-order chi connectivity index (χ0) is 18.1. The van der Waals surface area contributed by atoms with Crippen molar-refractivity contribution in [3.05, 3.63) is 24.3 Å². The molecule has 138 valence electrons. The van der Waals surface area contributed by atoms with Gasteiger partial charge in [0.15, 0.2) is 0 Å². The summed E-state index contributed by atoms with van der Waals surface area (Å²) >= 11 is 0. The Morgan fingerprint density at radius 2 is 1.00 bits per heavy atom. The van der Waals surface area contributed by atoms with Crippen molar-refractivity contribution in [2.24, 2.45) is 0 Å². The molecule has 2 nitrogen and oxygen atoms in total. The molecule has 0 aliphatic carbocycles. The number of benzene rings is 1. The molecular formula is C20H38O2Si2. The van der Waals surface area contributed by atoms with Gasteiger partial charge in [0.1, 0.15) is 0 Å². The third-order valence-corrected chi connectivity index (χ3v) is 14.8. The van der Waals surface area contributed by atoms with E-state index in [0.29, 0.717) is 0 Å². The fourth-order valence-electron chi connectivity index (χ4n) is 4.17. The molecule has 0 unspecified atom stereocenters. The topological polar surface area (TPSA) is 18.5 Å². The molecule has 24 heavy (non-hydrogen) atoms. The quantitative estimate of drug-likeness (QED) is 0.489. The summed E-state index contributed by atoms with van der Waals surface area (Å²) < 4.78 is 12.5. The molecule has 0 N–H and O–H groups in total. The van der Waals surface area contributed by atoms with E-state index in [-0.39, 0.29) is 0 Å². The van der Waals surface area contributed by atoms with Crippen molar-refractivity contribution in [3.63, 3.8) is 0 Å². The third-order valence-electron chi connectivity index (χ3n) is 5.31. The van der Waals surface area contributed by atoms with Crippen molar-refractivity contribution in [2.45, 2.75) is 77.6 Å². The minimum absolute atomic E-state index is 1.20. The van der Waals surface area contributed by atoms with Crippen LogP contribution in [0, 0.1) is 0 Å². The summed E-state index contributed by atoms with van der Waals surface area (Å²) in [4.78, 5) is 0. The van der Waals surface area contributed by atoms with Crippen molar-refractivity contribution in [1.82, 2.24) is 0 Å². The van der Waals surface area contributed by atoms with Gasteiger partial charge < -0.3 is 8.85 Å². The molecule has 0 aromatic heterocycles. The van der Waals surface area contributed by atoms with Gasteiger partial charge in [0, 0.05) is 14.2 Å². The highest BCUT2D eigenvalue weighted by molar-refractivity contribution is 6.89. The molecule has 4 heteroatoms. The molecule has 0 atom stereocenters. The average molecular weight is 367 g/mol. The number of rotatable bonds is 12. The molecule has 0 heterocycles. The predicted octanol–water partition coefficient (Wildman–Crippen LogP) is 4.92. The minimum atomic E-state index is -1.85. The molecule has 0 spiro atoms. The van der Waals surface area contributed by atoms with E-state index in [1.807, 2.05) is 14.2 Å². The van der Waals surface area contributed by atoms with Crippen LogP contribution in [0.5, 0.6) is 0 Å². The summed E-state index contributed by atoms with van der Waals surface area (Å²) in [7, 11) is 0.172. The van der Waals surface area contributed by atoms with E-state index < -0.39 is 16.6 Å². The van der Waals surface area contributed by atoms with E-state index in [4.69, 9.17) is 8.85 Å². The Morgan fingerprint density at radius 3 is 1.25 bits per heavy atom. The first-order valence-corrected chi connectivity index (χ1v) is 14.4. The molecule has 0 bridgehead atoms. The van der Waals surface area contributed by atoms with Crippen molar-refractivity contribution in [3.8, 4) is 0 Å². The largest absolute Gasteiger partial charge is 0.415 e. The average Bonchev–Trinajstić information content (AvgIpc) is 2.61. The zero-order valence-corrected chi connectivity index (χ0v) is 18.8. The summed E-state index contributed by atoms with van der Waals surface area (Å²) in [5, 5.41) is 2.96. The Labute approximate surface area is 152 Å². The first kappa shape index (κ1) is 21.6. The van der Waals surface area contributed by atoms with Gasteiger partial charge in [-0.15, -0.1) is 0 Å². The highest BCUT2D eigenvalue weighted by Gasteiger charge is 2.38. The van der Waals surface area contributed by atoms with Crippen LogP contribution < -0.4 is 10.4 Å². The van der Waals surface area contributed by atoms with Crippen LogP contribution in [0.4, 0.5) is 0 Å². The van der Waals surface area contributed by atoms with Crippen LogP contribution in [-0.4, -0.2) is 30.9 Å². The Hall–Kier alpha value is -0.426. The van der Waals surface area contributed by atoms with Crippen LogP contribution in [0.1, 0.15) is 53.4 Å². The van der Waals surface area contributed by atoms with Gasteiger partial charge in [-0.25, -0.2) is 0 Å². The first-order valence-electron chi connectivity index (χ1n) is 9.79. The van der Waals surface area contributed by atoms with E-state index in [1.165, 1.54) is 60.2 Å². The maximum atomic E-state index is 6.24. The van der Waals surface area contributed by atoms with Crippen LogP contribution in [0.25, 0.3) is 0 Å². The van der Waals surface area contributed by atoms with E-state index in [0.717, 1.165) is 0 Å². The summed E-state index contributed by atoms with van der Waals surface area (Å²) in [5.74, 6) is 0. The van der Waals surface area contributed by atoms with Crippen LogP contribution in [0.15, 0.2) is 24.3 Å². The van der Waals surface area contributed by atoms with Crippen LogP contribution in [-0.2, 0) is 8.85 Å². The molecule has 0 aliphatic heterocycles. The van der Waals surface area contributed by atoms with Gasteiger partial charge in [-0.05, 0) is 34.5 Å². The lowest BCUT2D eigenvalue weighted by atomic mass is 10.4. The Morgan fingerprint density at radius 1 is 0.667 bits per heavy atom. The lowest BCUT2D eigenvalue weighted by molar-refractivity contribution is 0.399. The van der Waals surface area contributed by atoms with E-state index >= 15 is 0 Å². The van der Waals surface area contributed by atoms with Crippen LogP contribution in [0.3, 0.4) is 0 Å². The van der Waals surface area contributed by atoms with Crippen LogP contribution in [0.2, 0.25) is 24.2 Å². The maximum Gasteiger partial charge on any atom is 0.223 e. The summed E-state index contributed by atoms with van der Waals surface area (Å²) in [6.45, 7) is 9.12. The molecule has 0 saturated heterocycles. The lowest BCUT2D eigenvalue weighted by Crippen LogP contribution is -2.55. The van der Waals surface area contributed by atoms with Gasteiger partial charge in [0.05, 0.1) is 0 Å². The fraction of sp³-hybridized carbons (Fsp3) is 0.700. The normalized spacial score (nSPS) is 12.6. The zero-order valence-electron chi connectivity index (χ0n) is 16.8. The van der Waals surface area contributed by atoms with E-state index in [1.54, 1.807) is 0 Å². The molecule has 1 aromatic rings. The standard InChI is InChI=1S/C20H38O2Si2/c1-7-14-23(21-5,15-8-2)19-12-11-13-20(18-19)24(22-6,16-9-3)17-10-4/h11-13,18H,7-10,14-17H2,1-6H3. The number of hydrogen-bond donors (Lipinski definition) is 0. The SMILES string of the molecule is CCC[Si](CCC)(OC)c1cccc([Si](CCC)(CCC)OC)c1. The molecule has 0 fully saturated rings. The van der Waals surface area contributed by atoms with Gasteiger partial charge in [0.2, 0.25) is 16.6 Å². The molecule has 0 aliphatic rings. The van der Waals surface area contributed by atoms with Crippen molar-refractivity contribution in [2.75, 3.05) is 14.2 Å². The predicted molar refractivity (Wildman–Crippen MR) is 112 cm³/mol. The maximum absolute atomic E-state index is 6.24. The van der Waals surface area contributed by atoms with Crippen molar-refractivity contribution in [1.29, 1.82) is 0 Å². The number of hydrogen-bond acceptors (Lipinski definition) is 2. The first-order chi connectivity index (χ1) is 11.6. The Balaban J connectivity index is 3.36. The van der Waals surface area contributed by atoms with Gasteiger partial charge in [-0.1, -0.05) is 77.6 Å². The minimum Gasteiger partial charge on any atom is -0.415 e. The summed E-state index contributed by atoms with van der Waals surface area (Å²) in [6.07, 6.45) is 4.78. The molecule has 0 saturated carbocycles. The fourth-order valence-corrected chi connectivity index (χ4v) is 12.1. The van der Waals surface area contributed by atoms with E-state index in [9.17, 15) is 0 Å². The second-order valence-corrected chi connectivity index (χ2v) is 14.9. The van der Waals surface area contributed by atoms with Crippen molar-refractivity contribution < 1.29 is 8.85 Å².